The highest BCUT2D eigenvalue weighted by atomic mass is 16.5. The molecule has 1 heterocycles. The number of carbonyl (C=O) groups is 5. The Bertz CT molecular complexity index is 1830. The number of benzene rings is 3. The maximum atomic E-state index is 13.8. The number of phenols is 1. The second kappa shape index (κ2) is 19.6. The smallest absolute Gasteiger partial charge is 0.408 e. The van der Waals surface area contributed by atoms with E-state index in [1.807, 2.05) is 44.2 Å². The summed E-state index contributed by atoms with van der Waals surface area (Å²) in [5.41, 5.74) is 2.83. The van der Waals surface area contributed by atoms with E-state index in [2.05, 4.69) is 26.3 Å². The topological polar surface area (TPSA) is 208 Å². The third-order valence-corrected chi connectivity index (χ3v) is 8.34. The molecule has 14 heteroatoms. The zero-order valence-corrected chi connectivity index (χ0v) is 30.0. The summed E-state index contributed by atoms with van der Waals surface area (Å²) in [5.74, 6) is -2.99. The number of hydrogen-bond acceptors (Lipinski definition) is 9. The number of esters is 1. The van der Waals surface area contributed by atoms with Crippen LogP contribution >= 0.6 is 0 Å². The molecule has 0 radical (unpaired) electrons. The molecule has 0 aliphatic heterocycles. The van der Waals surface area contributed by atoms with E-state index in [4.69, 9.17) is 9.47 Å². The molecule has 53 heavy (non-hydrogen) atoms. The first-order valence-electron chi connectivity index (χ1n) is 17.5. The number of rotatable bonds is 18. The Morgan fingerprint density at radius 2 is 1.30 bits per heavy atom. The standard InChI is InChI=1S/C39H47N5O9/c1-4-52-38(50)33(18-24(2)3)42-35(47)31(19-25-14-16-28(46)17-15-25)41-37(49)34(22-45)43-36(48)32(20-27-21-40-30-13-9-8-12-29(27)30)44-39(51)53-23-26-10-6-5-7-11-26/h5-17,21,24,31-34,40,45-46H,4,18-20,22-23H2,1-3H3,(H,41,49)(H,42,47)(H,43,48)(H,44,51)/t31-,32-,33+,34-/m0/s1. The van der Waals surface area contributed by atoms with Crippen molar-refractivity contribution in [1.29, 1.82) is 0 Å². The van der Waals surface area contributed by atoms with Crippen LogP contribution in [0.15, 0.2) is 85.1 Å². The number of carbonyl (C=O) groups excluding carboxylic acids is 5. The first kappa shape index (κ1) is 39.9. The number of aliphatic hydroxyl groups excluding tert-OH is 1. The van der Waals surface area contributed by atoms with Gasteiger partial charge in [0.15, 0.2) is 0 Å². The summed E-state index contributed by atoms with van der Waals surface area (Å²) >= 11 is 0. The fourth-order valence-electron chi connectivity index (χ4n) is 5.65. The van der Waals surface area contributed by atoms with Gasteiger partial charge in [-0.3, -0.25) is 14.4 Å². The minimum absolute atomic E-state index is 0.000833. The summed E-state index contributed by atoms with van der Waals surface area (Å²) < 4.78 is 10.5. The molecule has 0 saturated carbocycles. The summed E-state index contributed by atoms with van der Waals surface area (Å²) in [4.78, 5) is 69.9. The third-order valence-electron chi connectivity index (χ3n) is 8.34. The van der Waals surface area contributed by atoms with E-state index in [-0.39, 0.29) is 44.1 Å². The van der Waals surface area contributed by atoms with Gasteiger partial charge in [0, 0.05) is 29.9 Å². The number of aromatic nitrogens is 1. The van der Waals surface area contributed by atoms with Crippen molar-refractivity contribution in [1.82, 2.24) is 26.3 Å². The molecule has 3 aromatic carbocycles. The van der Waals surface area contributed by atoms with Gasteiger partial charge in [-0.25, -0.2) is 9.59 Å². The van der Waals surface area contributed by atoms with Gasteiger partial charge in [0.1, 0.15) is 36.5 Å². The lowest BCUT2D eigenvalue weighted by atomic mass is 10.0. The number of aliphatic hydroxyl groups is 1. The Balaban J connectivity index is 1.52. The van der Waals surface area contributed by atoms with Crippen LogP contribution in [-0.2, 0) is 48.1 Å². The number of ether oxygens (including phenoxy) is 2. The highest BCUT2D eigenvalue weighted by molar-refractivity contribution is 5.95. The van der Waals surface area contributed by atoms with Gasteiger partial charge in [-0.05, 0) is 54.2 Å². The average molecular weight is 730 g/mol. The number of aromatic hydroxyl groups is 1. The van der Waals surface area contributed by atoms with Gasteiger partial charge >= 0.3 is 12.1 Å². The lowest BCUT2D eigenvalue weighted by Gasteiger charge is -2.26. The van der Waals surface area contributed by atoms with Gasteiger partial charge in [0.05, 0.1) is 13.2 Å². The Hall–Kier alpha value is -5.89. The number of para-hydroxylation sites is 1. The van der Waals surface area contributed by atoms with Gasteiger partial charge in [-0.15, -0.1) is 0 Å². The second-order valence-corrected chi connectivity index (χ2v) is 12.9. The Labute approximate surface area is 307 Å². The number of amides is 4. The number of alkyl carbamates (subject to hydrolysis) is 1. The molecule has 4 aromatic rings. The molecule has 282 valence electrons. The molecule has 4 amide bonds. The molecule has 0 spiro atoms. The monoisotopic (exact) mass is 729 g/mol. The highest BCUT2D eigenvalue weighted by Crippen LogP contribution is 2.20. The number of H-pyrrole nitrogens is 1. The zero-order valence-electron chi connectivity index (χ0n) is 30.0. The minimum atomic E-state index is -1.54. The number of fused-ring (bicyclic) bond motifs is 1. The lowest BCUT2D eigenvalue weighted by molar-refractivity contribution is -0.148. The fourth-order valence-corrected chi connectivity index (χ4v) is 5.65. The van der Waals surface area contributed by atoms with Crippen LogP contribution in [0.25, 0.3) is 10.9 Å². The third kappa shape index (κ3) is 12.1. The van der Waals surface area contributed by atoms with Crippen LogP contribution in [0.5, 0.6) is 5.75 Å². The summed E-state index contributed by atoms with van der Waals surface area (Å²) in [5, 5.41) is 31.2. The molecular formula is C39H47N5O9. The first-order chi connectivity index (χ1) is 25.5. The molecule has 7 N–H and O–H groups in total. The van der Waals surface area contributed by atoms with Gasteiger partial charge in [0.25, 0.3) is 0 Å². The minimum Gasteiger partial charge on any atom is -0.508 e. The lowest BCUT2D eigenvalue weighted by Crippen LogP contribution is -2.59. The van der Waals surface area contributed by atoms with E-state index in [9.17, 15) is 34.2 Å². The van der Waals surface area contributed by atoms with E-state index in [0.29, 0.717) is 11.1 Å². The van der Waals surface area contributed by atoms with Crippen molar-refractivity contribution in [2.24, 2.45) is 5.92 Å². The fraction of sp³-hybridized carbons (Fsp3) is 0.359. The largest absolute Gasteiger partial charge is 0.508 e. The van der Waals surface area contributed by atoms with Crippen molar-refractivity contribution in [3.05, 3.63) is 102 Å². The molecule has 14 nitrogen and oxygen atoms in total. The van der Waals surface area contributed by atoms with E-state index in [0.717, 1.165) is 16.5 Å². The summed E-state index contributed by atoms with van der Waals surface area (Å²) in [6.45, 7) is 4.63. The van der Waals surface area contributed by atoms with Gasteiger partial charge in [-0.1, -0.05) is 74.5 Å². The second-order valence-electron chi connectivity index (χ2n) is 12.9. The zero-order chi connectivity index (χ0) is 38.3. The van der Waals surface area contributed by atoms with Crippen LogP contribution in [-0.4, -0.2) is 82.4 Å². The molecule has 0 bridgehead atoms. The normalized spacial score (nSPS) is 13.3. The van der Waals surface area contributed by atoms with Crippen LogP contribution < -0.4 is 21.3 Å². The SMILES string of the molecule is CCOC(=O)[C@@H](CC(C)C)NC(=O)[C@H](Cc1ccc(O)cc1)NC(=O)[C@H](CO)NC(=O)[C@H](Cc1c[nH]c2ccccc12)NC(=O)OCc1ccccc1. The Kier molecular flexibility index (Phi) is 14.8. The summed E-state index contributed by atoms with van der Waals surface area (Å²) in [7, 11) is 0. The maximum absolute atomic E-state index is 13.8. The predicted molar refractivity (Wildman–Crippen MR) is 196 cm³/mol. The van der Waals surface area contributed by atoms with Crippen molar-refractivity contribution in [2.75, 3.05) is 13.2 Å². The number of nitrogens with one attached hydrogen (secondary N) is 5. The molecule has 0 aliphatic rings. The molecule has 1 aromatic heterocycles. The van der Waals surface area contributed by atoms with Crippen molar-refractivity contribution in [3.8, 4) is 5.75 Å². The highest BCUT2D eigenvalue weighted by Gasteiger charge is 2.32. The van der Waals surface area contributed by atoms with Gasteiger partial charge < -0.3 is 45.9 Å². The Morgan fingerprint density at radius 3 is 1.96 bits per heavy atom. The van der Waals surface area contributed by atoms with E-state index < -0.39 is 60.6 Å². The molecule has 0 fully saturated rings. The van der Waals surface area contributed by atoms with Crippen molar-refractivity contribution >= 4 is 40.7 Å². The summed E-state index contributed by atoms with van der Waals surface area (Å²) in [6.07, 6.45) is 1.07. The van der Waals surface area contributed by atoms with Crippen LogP contribution in [0.4, 0.5) is 4.79 Å². The molecular weight excluding hydrogens is 682 g/mol. The van der Waals surface area contributed by atoms with Gasteiger partial charge in [-0.2, -0.15) is 0 Å². The molecule has 0 unspecified atom stereocenters. The summed E-state index contributed by atoms with van der Waals surface area (Å²) in [6, 6.07) is 17.4. The number of hydrogen-bond donors (Lipinski definition) is 7. The van der Waals surface area contributed by atoms with Crippen molar-refractivity contribution < 1.29 is 43.7 Å². The number of phenolic OH excluding ortho intramolecular Hbond substituents is 1. The van der Waals surface area contributed by atoms with Crippen LogP contribution in [0.1, 0.15) is 43.9 Å². The van der Waals surface area contributed by atoms with E-state index >= 15 is 0 Å². The van der Waals surface area contributed by atoms with Crippen LogP contribution in [0.2, 0.25) is 0 Å². The van der Waals surface area contributed by atoms with E-state index in [1.54, 1.807) is 49.5 Å². The van der Waals surface area contributed by atoms with Crippen LogP contribution in [0, 0.1) is 5.92 Å². The van der Waals surface area contributed by atoms with Crippen LogP contribution in [0.3, 0.4) is 0 Å². The predicted octanol–water partition coefficient (Wildman–Crippen LogP) is 3.01. The first-order valence-corrected chi connectivity index (χ1v) is 17.5. The van der Waals surface area contributed by atoms with Crippen molar-refractivity contribution in [2.45, 2.75) is 70.8 Å². The van der Waals surface area contributed by atoms with Gasteiger partial charge in [0.2, 0.25) is 17.7 Å². The molecule has 0 saturated heterocycles. The maximum Gasteiger partial charge on any atom is 0.408 e. The molecule has 4 atom stereocenters. The average Bonchev–Trinajstić information content (AvgIpc) is 3.55. The molecule has 0 aliphatic carbocycles. The van der Waals surface area contributed by atoms with Crippen molar-refractivity contribution in [3.63, 3.8) is 0 Å². The number of aromatic amines is 1. The Morgan fingerprint density at radius 1 is 0.698 bits per heavy atom. The molecule has 4 rings (SSSR count). The van der Waals surface area contributed by atoms with E-state index in [1.165, 1.54) is 12.1 Å². The quantitative estimate of drug-likeness (QED) is 0.0751.